The lowest BCUT2D eigenvalue weighted by atomic mass is 10.2. The van der Waals surface area contributed by atoms with Crippen LogP contribution in [0.2, 0.25) is 0 Å². The van der Waals surface area contributed by atoms with Crippen molar-refractivity contribution in [2.24, 2.45) is 0 Å². The molecule has 0 radical (unpaired) electrons. The predicted molar refractivity (Wildman–Crippen MR) is 114 cm³/mol. The van der Waals surface area contributed by atoms with Crippen LogP contribution in [-0.2, 0) is 9.84 Å². The Morgan fingerprint density at radius 3 is 2.52 bits per heavy atom. The number of piperazine rings is 1. The molecule has 0 atom stereocenters. The van der Waals surface area contributed by atoms with E-state index in [0.717, 1.165) is 50.5 Å². The third-order valence-corrected chi connectivity index (χ3v) is 8.08. The lowest BCUT2D eigenvalue weighted by Crippen LogP contribution is -2.44. The van der Waals surface area contributed by atoms with Gasteiger partial charge in [-0.25, -0.2) is 13.4 Å². The second-order valence-electron chi connectivity index (χ2n) is 7.44. The van der Waals surface area contributed by atoms with Crippen molar-refractivity contribution in [1.29, 1.82) is 0 Å². The molecule has 3 aromatic rings. The normalized spacial score (nSPS) is 17.8. The number of sulfone groups is 1. The summed E-state index contributed by atoms with van der Waals surface area (Å²) >= 11 is 1.35. The summed E-state index contributed by atoms with van der Waals surface area (Å²) in [5, 5.41) is 8.56. The Kier molecular flexibility index (Phi) is 4.76. The molecule has 9 heteroatoms. The minimum absolute atomic E-state index is 0.218. The first kappa shape index (κ1) is 18.9. The highest BCUT2D eigenvalue weighted by atomic mass is 32.2. The molecule has 2 fully saturated rings. The van der Waals surface area contributed by atoms with Crippen LogP contribution in [0.25, 0.3) is 5.65 Å². The van der Waals surface area contributed by atoms with Crippen LogP contribution in [-0.4, -0.2) is 55.5 Å². The maximum Gasteiger partial charge on any atom is 0.213 e. The number of benzene rings is 1. The molecule has 29 heavy (non-hydrogen) atoms. The van der Waals surface area contributed by atoms with E-state index >= 15 is 0 Å². The summed E-state index contributed by atoms with van der Waals surface area (Å²) in [7, 11) is -3.73. The van der Waals surface area contributed by atoms with E-state index in [9.17, 15) is 8.42 Å². The van der Waals surface area contributed by atoms with Gasteiger partial charge in [0.2, 0.25) is 9.84 Å². The number of hydrogen-bond acceptors (Lipinski definition) is 7. The quantitative estimate of drug-likeness (QED) is 0.625. The van der Waals surface area contributed by atoms with Crippen molar-refractivity contribution in [2.75, 3.05) is 37.3 Å². The van der Waals surface area contributed by atoms with Crippen molar-refractivity contribution in [1.82, 2.24) is 19.9 Å². The van der Waals surface area contributed by atoms with Crippen LogP contribution in [0.3, 0.4) is 0 Å². The first-order chi connectivity index (χ1) is 14.1. The molecule has 0 spiro atoms. The van der Waals surface area contributed by atoms with Crippen LogP contribution in [0, 0.1) is 0 Å². The van der Waals surface area contributed by atoms with Crippen LogP contribution < -0.4 is 10.2 Å². The molecule has 2 aliphatic rings. The molecule has 0 amide bonds. The minimum atomic E-state index is -3.73. The number of aromatic nitrogens is 3. The van der Waals surface area contributed by atoms with Crippen molar-refractivity contribution in [2.45, 2.75) is 33.6 Å². The highest BCUT2D eigenvalue weighted by Gasteiger charge is 2.33. The van der Waals surface area contributed by atoms with Crippen molar-refractivity contribution in [3.63, 3.8) is 0 Å². The van der Waals surface area contributed by atoms with Crippen LogP contribution in [0.4, 0.5) is 5.82 Å². The summed E-state index contributed by atoms with van der Waals surface area (Å²) in [6, 6.07) is 10.7. The molecule has 0 unspecified atom stereocenters. The summed E-state index contributed by atoms with van der Waals surface area (Å²) in [4.78, 5) is 7.58. The molecule has 1 aromatic carbocycles. The van der Waals surface area contributed by atoms with Crippen molar-refractivity contribution in [3.8, 4) is 0 Å². The zero-order valence-electron chi connectivity index (χ0n) is 16.2. The largest absolute Gasteiger partial charge is 0.354 e. The number of nitrogens with zero attached hydrogens (tertiary/aromatic N) is 4. The average Bonchev–Trinajstić information content (AvgIpc) is 3.54. The Bertz CT molecular complexity index is 1150. The molecule has 1 aliphatic heterocycles. The number of nitrogens with one attached hydrogen (secondary N) is 1. The molecule has 7 nitrogen and oxygen atoms in total. The fourth-order valence-corrected chi connectivity index (χ4v) is 6.19. The van der Waals surface area contributed by atoms with E-state index in [0.29, 0.717) is 16.6 Å². The van der Waals surface area contributed by atoms with Gasteiger partial charge in [-0.15, -0.1) is 11.8 Å². The summed E-state index contributed by atoms with van der Waals surface area (Å²) in [5.41, 5.74) is 1.42. The average molecular weight is 430 g/mol. The summed E-state index contributed by atoms with van der Waals surface area (Å²) < 4.78 is 28.8. The minimum Gasteiger partial charge on any atom is -0.354 e. The molecular formula is C20H23N5O2S2. The molecule has 1 N–H and O–H groups in total. The van der Waals surface area contributed by atoms with Crippen LogP contribution in [0.5, 0.6) is 0 Å². The first-order valence-corrected chi connectivity index (χ1v) is 12.5. The van der Waals surface area contributed by atoms with Gasteiger partial charge in [0.15, 0.2) is 10.5 Å². The molecule has 1 saturated heterocycles. The third-order valence-electron chi connectivity index (χ3n) is 5.47. The van der Waals surface area contributed by atoms with Gasteiger partial charge in [-0.05, 0) is 31.2 Å². The van der Waals surface area contributed by atoms with Gasteiger partial charge in [0.05, 0.1) is 4.90 Å². The van der Waals surface area contributed by atoms with Gasteiger partial charge in [-0.2, -0.15) is 9.61 Å². The number of anilines is 1. The maximum atomic E-state index is 13.5. The van der Waals surface area contributed by atoms with Crippen LogP contribution in [0.1, 0.15) is 24.5 Å². The monoisotopic (exact) mass is 429 g/mol. The fourth-order valence-electron chi connectivity index (χ4n) is 3.77. The van der Waals surface area contributed by atoms with E-state index in [1.165, 1.54) is 11.8 Å². The maximum absolute atomic E-state index is 13.5. The zero-order chi connectivity index (χ0) is 20.0. The lowest BCUT2D eigenvalue weighted by Gasteiger charge is -2.29. The number of hydrogen-bond donors (Lipinski definition) is 1. The van der Waals surface area contributed by atoms with Gasteiger partial charge in [0.1, 0.15) is 10.8 Å². The Morgan fingerprint density at radius 2 is 1.86 bits per heavy atom. The van der Waals surface area contributed by atoms with E-state index in [4.69, 9.17) is 10.1 Å². The first-order valence-electron chi connectivity index (χ1n) is 9.83. The van der Waals surface area contributed by atoms with Gasteiger partial charge in [-0.1, -0.05) is 18.2 Å². The van der Waals surface area contributed by atoms with E-state index in [1.807, 2.05) is 12.3 Å². The molecule has 152 valence electrons. The summed E-state index contributed by atoms with van der Waals surface area (Å²) in [5.74, 6) is 1.35. The molecule has 1 aliphatic carbocycles. The Morgan fingerprint density at radius 1 is 1.14 bits per heavy atom. The highest BCUT2D eigenvalue weighted by Crippen LogP contribution is 2.42. The topological polar surface area (TPSA) is 79.6 Å². The number of fused-ring (bicyclic) bond motifs is 1. The van der Waals surface area contributed by atoms with Gasteiger partial charge >= 0.3 is 0 Å². The highest BCUT2D eigenvalue weighted by molar-refractivity contribution is 7.99. The molecule has 1 saturated carbocycles. The van der Waals surface area contributed by atoms with E-state index in [-0.39, 0.29) is 9.79 Å². The predicted octanol–water partition coefficient (Wildman–Crippen LogP) is 2.57. The number of thioether (sulfide) groups is 1. The molecule has 2 aromatic heterocycles. The standard InChI is InChI=1S/C20H23N5O2S2/c1-28-20-18(29(26,27)15-5-3-2-4-6-15)19-22-16(14-7-8-14)13-17(25(19)23-20)24-11-9-21-10-12-24/h2-6,13-14,21H,7-12H2,1H3. The van der Waals surface area contributed by atoms with E-state index < -0.39 is 9.84 Å². The van der Waals surface area contributed by atoms with Crippen LogP contribution in [0.15, 0.2) is 51.2 Å². The van der Waals surface area contributed by atoms with Gasteiger partial charge in [0, 0.05) is 43.9 Å². The van der Waals surface area contributed by atoms with Crippen LogP contribution >= 0.6 is 11.8 Å². The third kappa shape index (κ3) is 3.31. The van der Waals surface area contributed by atoms with Crippen molar-refractivity contribution >= 4 is 33.1 Å². The SMILES string of the molecule is CSc1nn2c(N3CCNCC3)cc(C3CC3)nc2c1S(=O)(=O)c1ccccc1. The van der Waals surface area contributed by atoms with Gasteiger partial charge in [-0.3, -0.25) is 0 Å². The van der Waals surface area contributed by atoms with Gasteiger partial charge in [0.25, 0.3) is 0 Å². The molecule has 0 bridgehead atoms. The Hall–Kier alpha value is -2.10. The molecule has 5 rings (SSSR count). The van der Waals surface area contributed by atoms with Crippen molar-refractivity contribution in [3.05, 3.63) is 42.1 Å². The zero-order valence-corrected chi connectivity index (χ0v) is 17.8. The van der Waals surface area contributed by atoms with E-state index in [2.05, 4.69) is 16.3 Å². The molecule has 3 heterocycles. The summed E-state index contributed by atoms with van der Waals surface area (Å²) in [6.45, 7) is 3.51. The Labute approximate surface area is 174 Å². The second kappa shape index (κ2) is 7.30. The summed E-state index contributed by atoms with van der Waals surface area (Å²) in [6.07, 6.45) is 4.07. The molecular weight excluding hydrogens is 406 g/mol. The van der Waals surface area contributed by atoms with Gasteiger partial charge < -0.3 is 10.2 Å². The van der Waals surface area contributed by atoms with E-state index in [1.54, 1.807) is 28.8 Å². The lowest BCUT2D eigenvalue weighted by molar-refractivity contribution is 0.578. The van der Waals surface area contributed by atoms with Crippen molar-refractivity contribution < 1.29 is 8.42 Å². The number of rotatable bonds is 5. The fraction of sp³-hybridized carbons (Fsp3) is 0.400. The smallest absolute Gasteiger partial charge is 0.213 e. The Balaban J connectivity index is 1.77. The second-order valence-corrected chi connectivity index (χ2v) is 10.1.